The van der Waals surface area contributed by atoms with E-state index >= 15 is 0 Å². The fraction of sp³-hybridized carbons (Fsp3) is 0.400. The highest BCUT2D eigenvalue weighted by Gasteiger charge is 2.29. The normalized spacial score (nSPS) is 15.6. The molecule has 1 fully saturated rings. The number of aryl methyl sites for hydroxylation is 2. The second kappa shape index (κ2) is 8.31. The number of carbonyl (C=O) groups is 2. The monoisotopic (exact) mass is 406 g/mol. The Kier molecular flexibility index (Phi) is 6.07. The van der Waals surface area contributed by atoms with Crippen molar-refractivity contribution in [2.24, 2.45) is 0 Å². The summed E-state index contributed by atoms with van der Waals surface area (Å²) in [5.74, 6) is 0.460. The van der Waals surface area contributed by atoms with Crippen LogP contribution in [-0.4, -0.2) is 53.9 Å². The summed E-state index contributed by atoms with van der Waals surface area (Å²) in [6.45, 7) is 7.72. The van der Waals surface area contributed by atoms with Crippen molar-refractivity contribution < 1.29 is 14.3 Å². The van der Waals surface area contributed by atoms with E-state index < -0.39 is 6.10 Å². The van der Waals surface area contributed by atoms with Gasteiger partial charge in [-0.1, -0.05) is 17.7 Å². The van der Waals surface area contributed by atoms with Crippen LogP contribution in [0.3, 0.4) is 0 Å². The molecule has 1 aromatic carbocycles. The largest absolute Gasteiger partial charge is 0.479 e. The molecule has 1 aliphatic heterocycles. The Morgan fingerprint density at radius 3 is 2.37 bits per heavy atom. The van der Waals surface area contributed by atoms with Crippen molar-refractivity contribution in [3.05, 3.63) is 50.7 Å². The number of benzene rings is 1. The molecule has 1 aliphatic rings. The third-order valence-corrected chi connectivity index (χ3v) is 5.87. The molecule has 0 spiro atoms. The van der Waals surface area contributed by atoms with Crippen molar-refractivity contribution in [1.82, 2.24) is 9.80 Å². The summed E-state index contributed by atoms with van der Waals surface area (Å²) in [6, 6.07) is 9.30. The first-order valence-electron chi connectivity index (χ1n) is 8.92. The van der Waals surface area contributed by atoms with Gasteiger partial charge in [0, 0.05) is 31.1 Å². The summed E-state index contributed by atoms with van der Waals surface area (Å²) in [5.41, 5.74) is 1.02. The predicted octanol–water partition coefficient (Wildman–Crippen LogP) is 3.77. The van der Waals surface area contributed by atoms with Gasteiger partial charge in [0.05, 0.1) is 9.90 Å². The van der Waals surface area contributed by atoms with Crippen LogP contribution in [0.25, 0.3) is 0 Å². The van der Waals surface area contributed by atoms with Crippen LogP contribution in [0.4, 0.5) is 0 Å². The van der Waals surface area contributed by atoms with Crippen LogP contribution in [-0.2, 0) is 4.79 Å². The molecule has 1 aromatic heterocycles. The van der Waals surface area contributed by atoms with Gasteiger partial charge in [-0.2, -0.15) is 0 Å². The van der Waals surface area contributed by atoms with Gasteiger partial charge in [-0.3, -0.25) is 9.59 Å². The molecule has 0 radical (unpaired) electrons. The topological polar surface area (TPSA) is 49.9 Å². The number of rotatable bonds is 4. The summed E-state index contributed by atoms with van der Waals surface area (Å²) in [5, 5.41) is 0.488. The van der Waals surface area contributed by atoms with Gasteiger partial charge in [-0.25, -0.2) is 0 Å². The lowest BCUT2D eigenvalue weighted by molar-refractivity contribution is -0.139. The Morgan fingerprint density at radius 2 is 1.74 bits per heavy atom. The van der Waals surface area contributed by atoms with Gasteiger partial charge in [-0.15, -0.1) is 11.3 Å². The van der Waals surface area contributed by atoms with Crippen LogP contribution in [0.15, 0.2) is 30.3 Å². The van der Waals surface area contributed by atoms with Gasteiger partial charge < -0.3 is 14.5 Å². The smallest absolute Gasteiger partial charge is 0.264 e. The fourth-order valence-electron chi connectivity index (χ4n) is 3.03. The Morgan fingerprint density at radius 1 is 1.07 bits per heavy atom. The third-order valence-electron chi connectivity index (χ3n) is 4.57. The number of halogens is 1. The van der Waals surface area contributed by atoms with E-state index in [1.165, 1.54) is 11.3 Å². The van der Waals surface area contributed by atoms with Crippen LogP contribution < -0.4 is 4.74 Å². The number of hydrogen-bond acceptors (Lipinski definition) is 4. The highest BCUT2D eigenvalue weighted by molar-refractivity contribution is 7.13. The second-order valence-electron chi connectivity index (χ2n) is 6.72. The average Bonchev–Trinajstić information content (AvgIpc) is 3.10. The van der Waals surface area contributed by atoms with Crippen molar-refractivity contribution >= 4 is 34.8 Å². The first kappa shape index (κ1) is 19.7. The zero-order chi connectivity index (χ0) is 19.6. The Bertz CT molecular complexity index is 844. The maximum Gasteiger partial charge on any atom is 0.264 e. The number of ether oxygens (including phenoxy) is 1. The van der Waals surface area contributed by atoms with Crippen molar-refractivity contribution in [2.75, 3.05) is 26.2 Å². The molecule has 1 saturated heterocycles. The van der Waals surface area contributed by atoms with Crippen molar-refractivity contribution in [3.8, 4) is 5.75 Å². The zero-order valence-electron chi connectivity index (χ0n) is 15.7. The van der Waals surface area contributed by atoms with Crippen LogP contribution in [0, 0.1) is 13.8 Å². The van der Waals surface area contributed by atoms with Crippen molar-refractivity contribution in [1.29, 1.82) is 0 Å². The molecule has 5 nitrogen and oxygen atoms in total. The van der Waals surface area contributed by atoms with E-state index in [0.29, 0.717) is 37.0 Å². The van der Waals surface area contributed by atoms with E-state index in [2.05, 4.69) is 0 Å². The molecule has 2 aromatic rings. The van der Waals surface area contributed by atoms with Crippen LogP contribution in [0.1, 0.15) is 27.0 Å². The maximum atomic E-state index is 12.7. The molecule has 0 aliphatic carbocycles. The molecule has 2 amide bonds. The highest BCUT2D eigenvalue weighted by atomic mass is 35.5. The lowest BCUT2D eigenvalue weighted by atomic mass is 10.2. The molecule has 0 saturated carbocycles. The van der Waals surface area contributed by atoms with Crippen molar-refractivity contribution in [2.45, 2.75) is 26.9 Å². The number of amides is 2. The average molecular weight is 407 g/mol. The standard InChI is InChI=1S/C20H23ClN2O3S/c1-13-4-6-16(21)17(12-13)26-15(3)19(24)22-8-10-23(11-9-22)20(25)18-7-5-14(2)27-18/h4-7,12,15H,8-11H2,1-3H3. The highest BCUT2D eigenvalue weighted by Crippen LogP contribution is 2.26. The Balaban J connectivity index is 1.56. The molecule has 1 unspecified atom stereocenters. The summed E-state index contributed by atoms with van der Waals surface area (Å²) in [6.07, 6.45) is -0.633. The molecule has 3 rings (SSSR count). The SMILES string of the molecule is Cc1ccc(Cl)c(OC(C)C(=O)N2CCN(C(=O)c3ccc(C)s3)CC2)c1. The first-order valence-corrected chi connectivity index (χ1v) is 10.1. The summed E-state index contributed by atoms with van der Waals surface area (Å²) in [7, 11) is 0. The minimum Gasteiger partial charge on any atom is -0.479 e. The van der Waals surface area contributed by atoms with E-state index in [9.17, 15) is 9.59 Å². The Hall–Kier alpha value is -2.05. The van der Waals surface area contributed by atoms with Gasteiger partial charge in [-0.05, 0) is 50.6 Å². The molecular formula is C20H23ClN2O3S. The summed E-state index contributed by atoms with van der Waals surface area (Å²) in [4.78, 5) is 30.7. The van der Waals surface area contributed by atoms with Crippen molar-refractivity contribution in [3.63, 3.8) is 0 Å². The minimum atomic E-state index is -0.633. The van der Waals surface area contributed by atoms with E-state index in [0.717, 1.165) is 15.3 Å². The molecule has 0 bridgehead atoms. The van der Waals surface area contributed by atoms with Gasteiger partial charge in [0.15, 0.2) is 6.10 Å². The fourth-order valence-corrected chi connectivity index (χ4v) is 4.03. The van der Waals surface area contributed by atoms with E-state index in [-0.39, 0.29) is 11.8 Å². The van der Waals surface area contributed by atoms with Crippen LogP contribution in [0.5, 0.6) is 5.75 Å². The van der Waals surface area contributed by atoms with Crippen LogP contribution >= 0.6 is 22.9 Å². The summed E-state index contributed by atoms with van der Waals surface area (Å²) >= 11 is 7.65. The quantitative estimate of drug-likeness (QED) is 0.776. The van der Waals surface area contributed by atoms with Crippen LogP contribution in [0.2, 0.25) is 5.02 Å². The summed E-state index contributed by atoms with van der Waals surface area (Å²) < 4.78 is 5.79. The maximum absolute atomic E-state index is 12.7. The lowest BCUT2D eigenvalue weighted by Crippen LogP contribution is -2.53. The van der Waals surface area contributed by atoms with E-state index in [1.54, 1.807) is 22.8 Å². The third kappa shape index (κ3) is 4.62. The van der Waals surface area contributed by atoms with E-state index in [1.807, 2.05) is 38.1 Å². The lowest BCUT2D eigenvalue weighted by Gasteiger charge is -2.35. The van der Waals surface area contributed by atoms with Gasteiger partial charge in [0.2, 0.25) is 0 Å². The number of hydrogen-bond donors (Lipinski definition) is 0. The Labute approximate surface area is 168 Å². The molecule has 7 heteroatoms. The molecule has 2 heterocycles. The zero-order valence-corrected chi connectivity index (χ0v) is 17.3. The predicted molar refractivity (Wildman–Crippen MR) is 108 cm³/mol. The minimum absolute atomic E-state index is 0.0380. The molecule has 144 valence electrons. The number of nitrogens with zero attached hydrogens (tertiary/aromatic N) is 2. The van der Waals surface area contributed by atoms with E-state index in [4.69, 9.17) is 16.3 Å². The molecule has 27 heavy (non-hydrogen) atoms. The molecule has 0 N–H and O–H groups in total. The molecular weight excluding hydrogens is 384 g/mol. The number of piperazine rings is 1. The number of thiophene rings is 1. The molecule has 1 atom stereocenters. The number of carbonyl (C=O) groups excluding carboxylic acids is 2. The van der Waals surface area contributed by atoms with Gasteiger partial charge in [0.25, 0.3) is 11.8 Å². The van der Waals surface area contributed by atoms with Gasteiger partial charge >= 0.3 is 0 Å². The second-order valence-corrected chi connectivity index (χ2v) is 8.42. The first-order chi connectivity index (χ1) is 12.8. The van der Waals surface area contributed by atoms with Gasteiger partial charge in [0.1, 0.15) is 5.75 Å².